The lowest BCUT2D eigenvalue weighted by Crippen LogP contribution is -2.19. The summed E-state index contributed by atoms with van der Waals surface area (Å²) in [7, 11) is 0. The highest BCUT2D eigenvalue weighted by Gasteiger charge is 2.10. The number of hydrogen-bond acceptors (Lipinski definition) is 5. The maximum Gasteiger partial charge on any atom is 0.269 e. The quantitative estimate of drug-likeness (QED) is 0.297. The molecule has 8 heteroatoms. The predicted molar refractivity (Wildman–Crippen MR) is 130 cm³/mol. The number of aromatic nitrogens is 1. The molecule has 0 saturated heterocycles. The highest BCUT2D eigenvalue weighted by atomic mass is 32.2. The van der Waals surface area contributed by atoms with Crippen LogP contribution in [0.3, 0.4) is 0 Å². The van der Waals surface area contributed by atoms with Crippen LogP contribution in [0.1, 0.15) is 33.6 Å². The molecule has 0 unspecified atom stereocenters. The number of nitrogens with zero attached hydrogens (tertiary/aromatic N) is 3. The summed E-state index contributed by atoms with van der Waals surface area (Å²) in [4.78, 5) is 22.3. The van der Waals surface area contributed by atoms with E-state index in [2.05, 4.69) is 54.1 Å². The topological polar surface area (TPSA) is 89.5 Å². The first kappa shape index (κ1) is 23.3. The molecule has 0 aliphatic carbocycles. The van der Waals surface area contributed by atoms with Gasteiger partial charge < -0.3 is 4.57 Å². The number of thioether (sulfide) groups is 1. The summed E-state index contributed by atoms with van der Waals surface area (Å²) < 4.78 is 2.18. The molecule has 0 radical (unpaired) electrons. The maximum absolute atomic E-state index is 12.1. The van der Waals surface area contributed by atoms with Crippen molar-refractivity contribution in [1.82, 2.24) is 9.99 Å². The van der Waals surface area contributed by atoms with Gasteiger partial charge in [-0.25, -0.2) is 5.43 Å². The molecule has 0 atom stereocenters. The fourth-order valence-electron chi connectivity index (χ4n) is 3.58. The van der Waals surface area contributed by atoms with Gasteiger partial charge in [0.15, 0.2) is 0 Å². The second-order valence-corrected chi connectivity index (χ2v) is 8.70. The number of nitrogens with one attached hydrogen (secondary N) is 1. The zero-order valence-corrected chi connectivity index (χ0v) is 19.4. The Morgan fingerprint density at radius 3 is 2.38 bits per heavy atom. The minimum absolute atomic E-state index is 0.0581. The largest absolute Gasteiger partial charge is 0.318 e. The number of carbonyl (C=O) groups is 1. The lowest BCUT2D eigenvalue weighted by atomic mass is 10.1. The molecule has 0 aliphatic heterocycles. The molecular formula is C24H26N4O3S. The van der Waals surface area contributed by atoms with E-state index in [1.165, 1.54) is 35.0 Å². The summed E-state index contributed by atoms with van der Waals surface area (Å²) in [5, 5.41) is 14.8. The lowest BCUT2D eigenvalue weighted by Gasteiger charge is -2.11. The third-order valence-corrected chi connectivity index (χ3v) is 5.98. The number of hydrogen-bond donors (Lipinski definition) is 1. The molecule has 7 nitrogen and oxygen atoms in total. The van der Waals surface area contributed by atoms with E-state index in [1.807, 2.05) is 13.0 Å². The molecule has 1 N–H and O–H groups in total. The Hall–Kier alpha value is -3.39. The van der Waals surface area contributed by atoms with Gasteiger partial charge in [-0.2, -0.15) is 5.10 Å². The number of carbonyl (C=O) groups excluding carboxylic acids is 1. The zero-order chi connectivity index (χ0) is 23.3. The van der Waals surface area contributed by atoms with Gasteiger partial charge in [0.1, 0.15) is 0 Å². The van der Waals surface area contributed by atoms with Crippen molar-refractivity contribution >= 4 is 29.6 Å². The van der Waals surface area contributed by atoms with Crippen LogP contribution in [0.25, 0.3) is 5.69 Å². The molecule has 0 saturated carbocycles. The maximum atomic E-state index is 12.1. The van der Waals surface area contributed by atoms with Gasteiger partial charge in [0.2, 0.25) is 5.91 Å². The predicted octanol–water partition coefficient (Wildman–Crippen LogP) is 5.00. The number of hydrazone groups is 1. The fourth-order valence-corrected chi connectivity index (χ4v) is 4.36. The first-order chi connectivity index (χ1) is 15.2. The number of nitro groups is 1. The Balaban J connectivity index is 1.55. The van der Waals surface area contributed by atoms with Crippen LogP contribution >= 0.6 is 11.8 Å². The minimum atomic E-state index is -0.429. The van der Waals surface area contributed by atoms with Gasteiger partial charge in [-0.05, 0) is 62.6 Å². The number of nitro benzene ring substituents is 1. The van der Waals surface area contributed by atoms with E-state index in [-0.39, 0.29) is 17.3 Å². The normalized spacial score (nSPS) is 11.1. The standard InChI is InChI=1S/C24H26N4O3S/c1-16-9-17(2)11-23(10-16)27-18(3)12-21(19(27)4)13-25-26-24(29)15-32-14-20-5-7-22(8-6-20)28(30)31/h5-13H,14-15H2,1-4H3,(H,26,29)/b25-13-. The van der Waals surface area contributed by atoms with E-state index in [0.29, 0.717) is 5.75 Å². The van der Waals surface area contributed by atoms with Gasteiger partial charge in [-0.3, -0.25) is 14.9 Å². The van der Waals surface area contributed by atoms with Gasteiger partial charge in [0, 0.05) is 40.5 Å². The van der Waals surface area contributed by atoms with E-state index in [0.717, 1.165) is 28.2 Å². The number of rotatable bonds is 8. The van der Waals surface area contributed by atoms with Crippen molar-refractivity contribution in [2.75, 3.05) is 5.75 Å². The third kappa shape index (κ3) is 5.85. The summed E-state index contributed by atoms with van der Waals surface area (Å²) in [6.45, 7) is 8.26. The molecule has 1 aromatic heterocycles. The van der Waals surface area contributed by atoms with Crippen LogP contribution in [0, 0.1) is 37.8 Å². The Morgan fingerprint density at radius 1 is 1.09 bits per heavy atom. The van der Waals surface area contributed by atoms with Crippen molar-refractivity contribution in [1.29, 1.82) is 0 Å². The third-order valence-electron chi connectivity index (χ3n) is 4.98. The van der Waals surface area contributed by atoms with Gasteiger partial charge in [0.05, 0.1) is 16.9 Å². The summed E-state index contributed by atoms with van der Waals surface area (Å²) in [6, 6.07) is 14.8. The summed E-state index contributed by atoms with van der Waals surface area (Å²) in [5.41, 5.74) is 10.2. The summed E-state index contributed by atoms with van der Waals surface area (Å²) in [6.07, 6.45) is 1.67. The number of non-ortho nitro benzene ring substituents is 1. The Bertz CT molecular complexity index is 1150. The molecule has 3 aromatic rings. The summed E-state index contributed by atoms with van der Waals surface area (Å²) in [5.74, 6) is 0.638. The van der Waals surface area contributed by atoms with Crippen molar-refractivity contribution in [2.45, 2.75) is 33.4 Å². The SMILES string of the molecule is Cc1cc(C)cc(-n2c(C)cc(/C=N\NC(=O)CSCc3ccc([N+](=O)[O-])cc3)c2C)c1. The van der Waals surface area contributed by atoms with Crippen molar-refractivity contribution in [3.63, 3.8) is 0 Å². The van der Waals surface area contributed by atoms with E-state index >= 15 is 0 Å². The molecule has 2 aromatic carbocycles. The molecule has 0 spiro atoms. The lowest BCUT2D eigenvalue weighted by molar-refractivity contribution is -0.384. The van der Waals surface area contributed by atoms with E-state index < -0.39 is 4.92 Å². The van der Waals surface area contributed by atoms with Crippen LogP contribution in [0.2, 0.25) is 0 Å². The molecule has 0 aliphatic rings. The number of aryl methyl sites for hydroxylation is 3. The number of benzene rings is 2. The van der Waals surface area contributed by atoms with Crippen LogP contribution < -0.4 is 5.43 Å². The molecule has 3 rings (SSSR count). The molecule has 1 amide bonds. The first-order valence-electron chi connectivity index (χ1n) is 10.1. The molecule has 0 bridgehead atoms. The monoisotopic (exact) mass is 450 g/mol. The Labute approximate surface area is 191 Å². The van der Waals surface area contributed by atoms with Gasteiger partial charge in [0.25, 0.3) is 5.69 Å². The average molecular weight is 451 g/mol. The van der Waals surface area contributed by atoms with Crippen LogP contribution in [0.15, 0.2) is 53.6 Å². The first-order valence-corrected chi connectivity index (χ1v) is 11.3. The van der Waals surface area contributed by atoms with Gasteiger partial charge in [-0.15, -0.1) is 11.8 Å². The Kier molecular flexibility index (Phi) is 7.48. The van der Waals surface area contributed by atoms with Crippen molar-refractivity contribution in [3.8, 4) is 5.69 Å². The highest BCUT2D eigenvalue weighted by Crippen LogP contribution is 2.22. The summed E-state index contributed by atoms with van der Waals surface area (Å²) >= 11 is 1.42. The highest BCUT2D eigenvalue weighted by molar-refractivity contribution is 7.99. The zero-order valence-electron chi connectivity index (χ0n) is 18.6. The smallest absolute Gasteiger partial charge is 0.269 e. The second kappa shape index (κ2) is 10.3. The van der Waals surface area contributed by atoms with Gasteiger partial charge in [-0.1, -0.05) is 18.2 Å². The minimum Gasteiger partial charge on any atom is -0.318 e. The molecule has 32 heavy (non-hydrogen) atoms. The van der Waals surface area contributed by atoms with Crippen LogP contribution in [0.5, 0.6) is 0 Å². The molecule has 166 valence electrons. The van der Waals surface area contributed by atoms with Crippen molar-refractivity contribution in [2.24, 2.45) is 5.10 Å². The fraction of sp³-hybridized carbons (Fsp3) is 0.250. The number of amides is 1. The average Bonchev–Trinajstić information content (AvgIpc) is 3.01. The van der Waals surface area contributed by atoms with E-state index in [9.17, 15) is 14.9 Å². The molecule has 1 heterocycles. The van der Waals surface area contributed by atoms with Gasteiger partial charge >= 0.3 is 0 Å². The van der Waals surface area contributed by atoms with E-state index in [4.69, 9.17) is 0 Å². The molecular weight excluding hydrogens is 424 g/mol. The Morgan fingerprint density at radius 2 is 1.75 bits per heavy atom. The van der Waals surface area contributed by atoms with Crippen LogP contribution in [0.4, 0.5) is 5.69 Å². The second-order valence-electron chi connectivity index (χ2n) is 7.72. The van der Waals surface area contributed by atoms with E-state index in [1.54, 1.807) is 18.3 Å². The molecule has 0 fully saturated rings. The van der Waals surface area contributed by atoms with Crippen molar-refractivity contribution in [3.05, 3.63) is 92.3 Å². The van der Waals surface area contributed by atoms with Crippen LogP contribution in [-0.4, -0.2) is 27.4 Å². The van der Waals surface area contributed by atoms with Crippen LogP contribution in [-0.2, 0) is 10.5 Å². The van der Waals surface area contributed by atoms with Crippen molar-refractivity contribution < 1.29 is 9.72 Å².